The minimum absolute atomic E-state index is 0.0252. The van der Waals surface area contributed by atoms with E-state index in [0.717, 1.165) is 0 Å². The van der Waals surface area contributed by atoms with E-state index in [0.29, 0.717) is 17.8 Å². The second kappa shape index (κ2) is 6.59. The second-order valence-corrected chi connectivity index (χ2v) is 9.42. The van der Waals surface area contributed by atoms with Gasteiger partial charge in [0.1, 0.15) is 17.8 Å². The third kappa shape index (κ3) is 3.01. The monoisotopic (exact) mass is 417 g/mol. The van der Waals surface area contributed by atoms with E-state index in [-0.39, 0.29) is 18.4 Å². The number of rotatable bonds is 4. The third-order valence-corrected chi connectivity index (χ3v) is 6.94. The van der Waals surface area contributed by atoms with Crippen LogP contribution < -0.4 is 10.5 Å². The molecule has 2 aliphatic rings. The number of aromatic nitrogens is 4. The molecule has 2 fully saturated rings. The molecule has 0 bridgehead atoms. The Bertz CT molecular complexity index is 923. The van der Waals surface area contributed by atoms with Crippen molar-refractivity contribution in [2.75, 3.05) is 26.1 Å². The van der Waals surface area contributed by atoms with Gasteiger partial charge in [-0.3, -0.25) is 9.09 Å². The number of nitrogens with two attached hydrogens (primary N) is 1. The van der Waals surface area contributed by atoms with Crippen molar-refractivity contribution in [1.29, 1.82) is 0 Å². The van der Waals surface area contributed by atoms with Gasteiger partial charge in [0, 0.05) is 7.11 Å². The fourth-order valence-corrected chi connectivity index (χ4v) is 4.96. The van der Waals surface area contributed by atoms with E-state index in [1.165, 1.54) is 13.4 Å². The lowest BCUT2D eigenvalue weighted by molar-refractivity contribution is -0.0890. The van der Waals surface area contributed by atoms with Crippen molar-refractivity contribution >= 4 is 35.6 Å². The normalized spacial score (nSPS) is 36.1. The zero-order valence-electron chi connectivity index (χ0n) is 14.9. The van der Waals surface area contributed by atoms with Crippen LogP contribution in [0.5, 0.6) is 5.88 Å². The first kappa shape index (κ1) is 18.9. The van der Waals surface area contributed by atoms with Gasteiger partial charge in [0.25, 0.3) is 0 Å². The van der Waals surface area contributed by atoms with Gasteiger partial charge in [-0.15, -0.1) is 0 Å². The molecule has 0 radical (unpaired) electrons. The topological polar surface area (TPSA) is 136 Å². The zero-order valence-corrected chi connectivity index (χ0v) is 16.6. The highest BCUT2D eigenvalue weighted by atomic mass is 32.5. The Hall–Kier alpha value is -1.40. The third-order valence-electron chi connectivity index (χ3n) is 4.52. The van der Waals surface area contributed by atoms with E-state index in [2.05, 4.69) is 15.0 Å². The van der Waals surface area contributed by atoms with Crippen LogP contribution in [0.1, 0.15) is 20.1 Å². The van der Waals surface area contributed by atoms with E-state index in [9.17, 15) is 5.11 Å². The predicted octanol–water partition coefficient (Wildman–Crippen LogP) is 0.742. The molecular weight excluding hydrogens is 397 g/mol. The lowest BCUT2D eigenvalue weighted by Gasteiger charge is -2.36. The number of fused-ring (bicyclic) bond motifs is 2. The fraction of sp³-hybridized carbons (Fsp3) is 0.643. The smallest absolute Gasteiger partial charge is 0.327 e. The maximum Gasteiger partial charge on any atom is 0.327 e. The first-order valence-corrected chi connectivity index (χ1v) is 10.8. The van der Waals surface area contributed by atoms with Gasteiger partial charge in [-0.1, -0.05) is 0 Å². The van der Waals surface area contributed by atoms with Gasteiger partial charge < -0.3 is 29.4 Å². The summed E-state index contributed by atoms with van der Waals surface area (Å²) < 4.78 is 29.5. The number of hydrogen-bond donors (Lipinski definition) is 2. The SMILES string of the molecule is CCOc1nc(N)nc2c1ncn2C1OC2COP(=S)(OC)OC2C1(C)O. The Morgan fingerprint density at radius 2 is 2.30 bits per heavy atom. The zero-order chi connectivity index (χ0) is 19.4. The molecular formula is C14H20N5O6PS. The van der Waals surface area contributed by atoms with Gasteiger partial charge in [-0.05, 0) is 25.7 Å². The van der Waals surface area contributed by atoms with Crippen molar-refractivity contribution in [3.8, 4) is 5.88 Å². The highest BCUT2D eigenvalue weighted by Gasteiger charge is 2.59. The molecule has 13 heteroatoms. The van der Waals surface area contributed by atoms with Crippen LogP contribution in [-0.4, -0.2) is 62.8 Å². The van der Waals surface area contributed by atoms with Crippen LogP contribution in [0.3, 0.4) is 0 Å². The van der Waals surface area contributed by atoms with Gasteiger partial charge >= 0.3 is 6.72 Å². The summed E-state index contributed by atoms with van der Waals surface area (Å²) >= 11 is 5.27. The molecule has 148 valence electrons. The molecule has 0 aliphatic carbocycles. The Balaban J connectivity index is 1.75. The first-order valence-electron chi connectivity index (χ1n) is 8.28. The van der Waals surface area contributed by atoms with Crippen LogP contribution in [0, 0.1) is 0 Å². The van der Waals surface area contributed by atoms with E-state index in [1.54, 1.807) is 11.5 Å². The minimum Gasteiger partial charge on any atom is -0.476 e. The number of imidazole rings is 1. The van der Waals surface area contributed by atoms with E-state index < -0.39 is 30.8 Å². The molecule has 2 aliphatic heterocycles. The standard InChI is InChI=1S/C14H20N5O6PS/c1-4-22-11-8-10(17-13(15)18-11)19(6-16-8)12-14(2,20)9-7(24-12)5-23-26(27,21-3)25-9/h6-7,9,12,20H,4-5H2,1-3H3,(H2,15,17,18). The summed E-state index contributed by atoms with van der Waals surface area (Å²) in [5.41, 5.74) is 5.15. The molecule has 3 N–H and O–H groups in total. The minimum atomic E-state index is -2.92. The quantitative estimate of drug-likeness (QED) is 0.682. The lowest BCUT2D eigenvalue weighted by atomic mass is 9.96. The van der Waals surface area contributed by atoms with Crippen LogP contribution in [-0.2, 0) is 30.1 Å². The molecule has 0 amide bonds. The van der Waals surface area contributed by atoms with Crippen molar-refractivity contribution in [2.24, 2.45) is 0 Å². The molecule has 4 heterocycles. The molecule has 0 spiro atoms. The van der Waals surface area contributed by atoms with Crippen molar-refractivity contribution in [3.63, 3.8) is 0 Å². The Kier molecular flexibility index (Phi) is 4.62. The maximum absolute atomic E-state index is 11.2. The van der Waals surface area contributed by atoms with Crippen molar-refractivity contribution in [3.05, 3.63) is 6.33 Å². The second-order valence-electron chi connectivity index (χ2n) is 6.35. The number of nitrogens with zero attached hydrogens (tertiary/aromatic N) is 4. The molecule has 11 nitrogen and oxygen atoms in total. The number of anilines is 1. The summed E-state index contributed by atoms with van der Waals surface area (Å²) in [7, 11) is 1.42. The maximum atomic E-state index is 11.2. The average Bonchev–Trinajstić information content (AvgIpc) is 3.14. The van der Waals surface area contributed by atoms with Gasteiger partial charge in [-0.25, -0.2) is 4.98 Å². The van der Waals surface area contributed by atoms with Crippen LogP contribution in [0.15, 0.2) is 6.33 Å². The Morgan fingerprint density at radius 3 is 3.00 bits per heavy atom. The molecule has 0 saturated carbocycles. The van der Waals surface area contributed by atoms with Gasteiger partial charge in [-0.2, -0.15) is 9.97 Å². The predicted molar refractivity (Wildman–Crippen MR) is 97.6 cm³/mol. The number of nitrogen functional groups attached to an aromatic ring is 1. The highest BCUT2D eigenvalue weighted by molar-refractivity contribution is 8.07. The molecule has 5 unspecified atom stereocenters. The molecule has 2 aromatic rings. The molecule has 4 rings (SSSR count). The lowest BCUT2D eigenvalue weighted by Crippen LogP contribution is -2.47. The molecule has 5 atom stereocenters. The van der Waals surface area contributed by atoms with Crippen LogP contribution in [0.4, 0.5) is 5.95 Å². The number of hydrogen-bond acceptors (Lipinski definition) is 11. The van der Waals surface area contributed by atoms with E-state index >= 15 is 0 Å². The average molecular weight is 417 g/mol. The largest absolute Gasteiger partial charge is 0.476 e. The van der Waals surface area contributed by atoms with Crippen LogP contribution in [0.2, 0.25) is 0 Å². The Labute approximate surface area is 160 Å². The van der Waals surface area contributed by atoms with Crippen molar-refractivity contribution < 1.29 is 28.2 Å². The molecule has 2 saturated heterocycles. The van der Waals surface area contributed by atoms with Gasteiger partial charge in [0.05, 0.1) is 19.5 Å². The van der Waals surface area contributed by atoms with Crippen molar-refractivity contribution in [2.45, 2.75) is 37.9 Å². The van der Waals surface area contributed by atoms with E-state index in [4.69, 9.17) is 40.6 Å². The fourth-order valence-electron chi connectivity index (χ4n) is 3.29. The summed E-state index contributed by atoms with van der Waals surface area (Å²) in [4.78, 5) is 12.6. The molecule has 27 heavy (non-hydrogen) atoms. The van der Waals surface area contributed by atoms with Gasteiger partial charge in [0.2, 0.25) is 11.8 Å². The molecule has 2 aromatic heterocycles. The van der Waals surface area contributed by atoms with E-state index in [1.807, 2.05) is 6.92 Å². The number of aliphatic hydroxyl groups is 1. The summed E-state index contributed by atoms with van der Waals surface area (Å²) in [6.07, 6.45) is -0.627. The Morgan fingerprint density at radius 1 is 1.52 bits per heavy atom. The van der Waals surface area contributed by atoms with Crippen LogP contribution in [0.25, 0.3) is 11.2 Å². The highest BCUT2D eigenvalue weighted by Crippen LogP contribution is 2.58. The summed E-state index contributed by atoms with van der Waals surface area (Å²) in [5.74, 6) is 0.292. The molecule has 0 aromatic carbocycles. The summed E-state index contributed by atoms with van der Waals surface area (Å²) in [6, 6.07) is 0. The van der Waals surface area contributed by atoms with Gasteiger partial charge in [0.15, 0.2) is 17.4 Å². The van der Waals surface area contributed by atoms with Crippen LogP contribution >= 0.6 is 6.72 Å². The first-order chi connectivity index (χ1) is 12.8. The summed E-state index contributed by atoms with van der Waals surface area (Å²) in [5, 5.41) is 11.2. The summed E-state index contributed by atoms with van der Waals surface area (Å²) in [6.45, 7) is 1.05. The number of ether oxygens (including phenoxy) is 2. The van der Waals surface area contributed by atoms with Crippen molar-refractivity contribution in [1.82, 2.24) is 19.5 Å².